The van der Waals surface area contributed by atoms with E-state index in [1.807, 2.05) is 11.7 Å². The topological polar surface area (TPSA) is 82.5 Å². The molecule has 3 fully saturated rings. The zero-order valence-corrected chi connectivity index (χ0v) is 19.1. The molecular weight excluding hydrogens is 404 g/mol. The minimum atomic E-state index is -0.370. The molecule has 8 heteroatoms. The van der Waals surface area contributed by atoms with Gasteiger partial charge in [0.05, 0.1) is 22.8 Å². The smallest absolute Gasteiger partial charge is 0.235 e. The summed E-state index contributed by atoms with van der Waals surface area (Å²) < 4.78 is 1.91. The third-order valence-electron chi connectivity index (χ3n) is 7.44. The van der Waals surface area contributed by atoms with Crippen LogP contribution in [0.15, 0.2) is 18.2 Å². The van der Waals surface area contributed by atoms with Crippen LogP contribution in [0, 0.1) is 5.92 Å². The number of aromatic nitrogens is 2. The Kier molecular flexibility index (Phi) is 5.90. The van der Waals surface area contributed by atoms with E-state index in [4.69, 9.17) is 5.10 Å². The second-order valence-electron chi connectivity index (χ2n) is 9.68. The molecule has 1 aromatic heterocycles. The number of rotatable bonds is 4. The molecule has 32 heavy (non-hydrogen) atoms. The maximum atomic E-state index is 12.5. The van der Waals surface area contributed by atoms with E-state index >= 15 is 0 Å². The van der Waals surface area contributed by atoms with Gasteiger partial charge in [-0.1, -0.05) is 12.1 Å². The van der Waals surface area contributed by atoms with Gasteiger partial charge in [-0.15, -0.1) is 0 Å². The van der Waals surface area contributed by atoms with Gasteiger partial charge in [0.15, 0.2) is 0 Å². The number of amides is 2. The molecule has 3 saturated heterocycles. The first kappa shape index (κ1) is 21.4. The molecule has 0 saturated carbocycles. The van der Waals surface area contributed by atoms with Gasteiger partial charge < -0.3 is 10.2 Å². The van der Waals surface area contributed by atoms with Crippen molar-refractivity contribution in [3.05, 3.63) is 23.9 Å². The molecule has 2 N–H and O–H groups in total. The van der Waals surface area contributed by atoms with E-state index in [1.54, 1.807) is 0 Å². The molecule has 3 aliphatic rings. The average molecular weight is 439 g/mol. The van der Waals surface area contributed by atoms with Crippen molar-refractivity contribution in [2.24, 2.45) is 13.0 Å². The van der Waals surface area contributed by atoms with Crippen molar-refractivity contribution < 1.29 is 9.59 Å². The fraction of sp³-hybridized carbons (Fsp3) is 0.625. The summed E-state index contributed by atoms with van der Waals surface area (Å²) in [6.07, 6.45) is 3.45. The zero-order chi connectivity index (χ0) is 22.2. The van der Waals surface area contributed by atoms with Crippen LogP contribution in [0.3, 0.4) is 0 Å². The predicted octanol–water partition coefficient (Wildman–Crippen LogP) is 1.60. The number of nitrogens with zero attached hydrogens (tertiary/aromatic N) is 4. The molecular formula is C24H34N6O2. The summed E-state index contributed by atoms with van der Waals surface area (Å²) in [6, 6.07) is 6.72. The van der Waals surface area contributed by atoms with Crippen LogP contribution in [-0.4, -0.2) is 71.8 Å². The maximum absolute atomic E-state index is 12.5. The van der Waals surface area contributed by atoms with Gasteiger partial charge in [-0.05, 0) is 51.3 Å². The second kappa shape index (κ2) is 8.83. The number of hydrogen-bond acceptors (Lipinski definition) is 6. The quantitative estimate of drug-likeness (QED) is 0.706. The third-order valence-corrected chi connectivity index (χ3v) is 7.44. The van der Waals surface area contributed by atoms with Gasteiger partial charge >= 0.3 is 0 Å². The number of nitrogens with one attached hydrogen (secondary N) is 2. The highest BCUT2D eigenvalue weighted by Crippen LogP contribution is 2.36. The van der Waals surface area contributed by atoms with Crippen molar-refractivity contribution in [2.75, 3.05) is 44.2 Å². The van der Waals surface area contributed by atoms with Gasteiger partial charge in [-0.25, -0.2) is 0 Å². The molecule has 4 heterocycles. The van der Waals surface area contributed by atoms with Crippen molar-refractivity contribution in [1.82, 2.24) is 25.3 Å². The van der Waals surface area contributed by atoms with Crippen LogP contribution in [0.2, 0.25) is 0 Å². The Morgan fingerprint density at radius 1 is 1.12 bits per heavy atom. The third kappa shape index (κ3) is 4.01. The van der Waals surface area contributed by atoms with E-state index in [0.29, 0.717) is 18.9 Å². The number of imide groups is 1. The highest BCUT2D eigenvalue weighted by atomic mass is 16.2. The first-order valence-electron chi connectivity index (χ1n) is 12.0. The number of piperidine rings is 2. The molecule has 172 valence electrons. The molecule has 2 atom stereocenters. The number of carbonyl (C=O) groups is 2. The molecule has 0 spiro atoms. The highest BCUT2D eigenvalue weighted by molar-refractivity contribution is 6.03. The second-order valence-corrected chi connectivity index (χ2v) is 9.68. The number of piperazine rings is 1. The largest absolute Gasteiger partial charge is 0.365 e. The van der Waals surface area contributed by atoms with Gasteiger partial charge in [-0.3, -0.25) is 24.5 Å². The fourth-order valence-electron chi connectivity index (χ4n) is 5.77. The predicted molar refractivity (Wildman–Crippen MR) is 125 cm³/mol. The van der Waals surface area contributed by atoms with Crippen LogP contribution in [0.5, 0.6) is 0 Å². The van der Waals surface area contributed by atoms with Gasteiger partial charge in [0, 0.05) is 51.1 Å². The van der Waals surface area contributed by atoms with E-state index in [0.717, 1.165) is 55.2 Å². The summed E-state index contributed by atoms with van der Waals surface area (Å²) in [5, 5.41) is 11.7. The van der Waals surface area contributed by atoms with Crippen LogP contribution >= 0.6 is 0 Å². The first-order chi connectivity index (χ1) is 15.5. The standard InChI is InChI=1S/C24H34N6O2/c1-16-14-29(15-17-8-10-25-11-9-17)12-13-30(16)20-5-3-4-18-22(27-28(2)23(18)20)19-6-7-21(31)26-24(19)32/h3-5,16-17,19,25H,6-15H2,1-2H3,(H,26,31,32)/t16-,19?/m0/s1. The highest BCUT2D eigenvalue weighted by Gasteiger charge is 2.33. The number of para-hydroxylation sites is 1. The van der Waals surface area contributed by atoms with Crippen molar-refractivity contribution in [3.8, 4) is 0 Å². The summed E-state index contributed by atoms with van der Waals surface area (Å²) in [4.78, 5) is 29.2. The van der Waals surface area contributed by atoms with Crippen molar-refractivity contribution >= 4 is 28.4 Å². The number of benzene rings is 1. The zero-order valence-electron chi connectivity index (χ0n) is 19.1. The average Bonchev–Trinajstić information content (AvgIpc) is 3.11. The van der Waals surface area contributed by atoms with Crippen LogP contribution in [0.1, 0.15) is 44.2 Å². The Morgan fingerprint density at radius 2 is 1.94 bits per heavy atom. The Hall–Kier alpha value is -2.45. The lowest BCUT2D eigenvalue weighted by atomic mass is 9.92. The Labute approximate surface area is 189 Å². The number of fused-ring (bicyclic) bond motifs is 1. The fourth-order valence-corrected chi connectivity index (χ4v) is 5.77. The van der Waals surface area contributed by atoms with Crippen molar-refractivity contribution in [2.45, 2.75) is 44.6 Å². The van der Waals surface area contributed by atoms with Gasteiger partial charge in [0.25, 0.3) is 0 Å². The molecule has 1 aromatic carbocycles. The molecule has 0 bridgehead atoms. The summed E-state index contributed by atoms with van der Waals surface area (Å²) in [7, 11) is 1.96. The summed E-state index contributed by atoms with van der Waals surface area (Å²) in [5.74, 6) is 0.0207. The number of hydrogen-bond donors (Lipinski definition) is 2. The van der Waals surface area contributed by atoms with Gasteiger partial charge in [0.1, 0.15) is 0 Å². The minimum absolute atomic E-state index is 0.191. The van der Waals surface area contributed by atoms with E-state index < -0.39 is 0 Å². The normalized spacial score (nSPS) is 26.0. The van der Waals surface area contributed by atoms with E-state index in [1.165, 1.54) is 25.1 Å². The van der Waals surface area contributed by atoms with Gasteiger partial charge in [-0.2, -0.15) is 5.10 Å². The summed E-state index contributed by atoms with van der Waals surface area (Å²) in [5.41, 5.74) is 3.04. The minimum Gasteiger partial charge on any atom is -0.365 e. The van der Waals surface area contributed by atoms with E-state index in [-0.39, 0.29) is 17.7 Å². The summed E-state index contributed by atoms with van der Waals surface area (Å²) in [6.45, 7) is 8.95. The van der Waals surface area contributed by atoms with Crippen molar-refractivity contribution in [3.63, 3.8) is 0 Å². The van der Waals surface area contributed by atoms with Crippen LogP contribution < -0.4 is 15.5 Å². The van der Waals surface area contributed by atoms with Gasteiger partial charge in [0.2, 0.25) is 11.8 Å². The number of aryl methyl sites for hydroxylation is 1. The maximum Gasteiger partial charge on any atom is 0.235 e. The Bertz CT molecular complexity index is 1010. The molecule has 2 aromatic rings. The Balaban J connectivity index is 1.37. The monoisotopic (exact) mass is 438 g/mol. The molecule has 0 aliphatic carbocycles. The van der Waals surface area contributed by atoms with Crippen LogP contribution in [-0.2, 0) is 16.6 Å². The molecule has 0 radical (unpaired) electrons. The lowest BCUT2D eigenvalue weighted by Gasteiger charge is -2.43. The lowest BCUT2D eigenvalue weighted by molar-refractivity contribution is -0.134. The van der Waals surface area contributed by atoms with Crippen molar-refractivity contribution in [1.29, 1.82) is 0 Å². The lowest BCUT2D eigenvalue weighted by Crippen LogP contribution is -2.53. The molecule has 8 nitrogen and oxygen atoms in total. The summed E-state index contributed by atoms with van der Waals surface area (Å²) >= 11 is 0. The Morgan fingerprint density at radius 3 is 2.69 bits per heavy atom. The van der Waals surface area contributed by atoms with E-state index in [9.17, 15) is 9.59 Å². The number of carbonyl (C=O) groups excluding carboxylic acids is 2. The van der Waals surface area contributed by atoms with E-state index in [2.05, 4.69) is 45.6 Å². The molecule has 2 amide bonds. The first-order valence-corrected chi connectivity index (χ1v) is 12.0. The molecule has 3 aliphatic heterocycles. The van der Waals surface area contributed by atoms with Crippen LogP contribution in [0.4, 0.5) is 5.69 Å². The van der Waals surface area contributed by atoms with Crippen LogP contribution in [0.25, 0.3) is 10.9 Å². The molecule has 5 rings (SSSR count). The SMILES string of the molecule is C[C@H]1CN(CC2CCNCC2)CCN1c1cccc2c(C3CCC(=O)NC3=O)nn(C)c12. The number of anilines is 1. The molecule has 1 unspecified atom stereocenters.